The Hall–Kier alpha value is 0.0869. The zero-order valence-electron chi connectivity index (χ0n) is 40.7. The van der Waals surface area contributed by atoms with Crippen LogP contribution in [0.4, 0.5) is 0 Å². The molecule has 0 heterocycles. The topological polar surface area (TPSA) is 111 Å². The lowest BCUT2D eigenvalue weighted by molar-refractivity contribution is -0.0169. The van der Waals surface area contributed by atoms with Gasteiger partial charge in [-0.15, -0.1) is 0 Å². The standard InChI is InChI=1S/C48H100O12SSi/c1-4-6-8-16-22-49-26-30-53-34-38-57-42-44-59-40-36-55-32-28-51-24-18-12-10-14-20-46-62(3,48-61)47-21-15-11-13-19-25-52-29-33-56-37-41-60-45-43-58-39-35-54-31-27-50-23-17-9-7-5-2/h61H,4-48H2,1-3H3. The summed E-state index contributed by atoms with van der Waals surface area (Å²) in [5, 5.41) is 1.11. The molecule has 0 radical (unpaired) electrons. The first-order chi connectivity index (χ1) is 30.7. The van der Waals surface area contributed by atoms with Crippen LogP contribution in [0.3, 0.4) is 0 Å². The van der Waals surface area contributed by atoms with Crippen molar-refractivity contribution in [3.8, 4) is 0 Å². The Kier molecular flexibility index (Phi) is 55.5. The van der Waals surface area contributed by atoms with Crippen molar-refractivity contribution in [1.82, 2.24) is 0 Å². The third-order valence-electron chi connectivity index (χ3n) is 10.5. The molecule has 0 unspecified atom stereocenters. The van der Waals surface area contributed by atoms with Crippen molar-refractivity contribution in [2.75, 3.05) is 164 Å². The van der Waals surface area contributed by atoms with Crippen LogP contribution in [-0.2, 0) is 56.8 Å². The lowest BCUT2D eigenvalue weighted by atomic mass is 10.2. The monoisotopic (exact) mass is 929 g/mol. The molecular weight excluding hydrogens is 829 g/mol. The molecule has 0 spiro atoms. The maximum atomic E-state index is 5.76. The lowest BCUT2D eigenvalue weighted by Crippen LogP contribution is -2.32. The highest BCUT2D eigenvalue weighted by Gasteiger charge is 2.24. The van der Waals surface area contributed by atoms with Gasteiger partial charge in [-0.1, -0.05) is 122 Å². The number of hydrogen-bond acceptors (Lipinski definition) is 13. The zero-order valence-corrected chi connectivity index (χ0v) is 42.6. The van der Waals surface area contributed by atoms with Crippen molar-refractivity contribution in [3.05, 3.63) is 0 Å². The van der Waals surface area contributed by atoms with Crippen LogP contribution in [0.5, 0.6) is 0 Å². The van der Waals surface area contributed by atoms with Gasteiger partial charge < -0.3 is 56.8 Å². The van der Waals surface area contributed by atoms with Gasteiger partial charge >= 0.3 is 0 Å². The molecule has 0 aliphatic carbocycles. The number of hydrogen-bond donors (Lipinski definition) is 1. The average molecular weight is 929 g/mol. The van der Waals surface area contributed by atoms with Gasteiger partial charge in [0, 0.05) is 26.4 Å². The highest BCUT2D eigenvalue weighted by Crippen LogP contribution is 2.24. The normalized spacial score (nSPS) is 12.0. The second-order valence-electron chi connectivity index (χ2n) is 16.5. The number of rotatable bonds is 57. The fourth-order valence-electron chi connectivity index (χ4n) is 6.52. The Morgan fingerprint density at radius 2 is 0.419 bits per heavy atom. The van der Waals surface area contributed by atoms with Gasteiger partial charge in [-0.25, -0.2) is 0 Å². The average Bonchev–Trinajstić information content (AvgIpc) is 3.28. The molecule has 0 aromatic heterocycles. The summed E-state index contributed by atoms with van der Waals surface area (Å²) in [6, 6.07) is 2.82. The highest BCUT2D eigenvalue weighted by molar-refractivity contribution is 7.82. The third kappa shape index (κ3) is 52.7. The van der Waals surface area contributed by atoms with Gasteiger partial charge in [-0.05, 0) is 31.1 Å². The van der Waals surface area contributed by atoms with E-state index in [4.69, 9.17) is 69.5 Å². The summed E-state index contributed by atoms with van der Waals surface area (Å²) in [4.78, 5) is 0. The zero-order chi connectivity index (χ0) is 44.8. The molecule has 0 aromatic rings. The van der Waals surface area contributed by atoms with Crippen molar-refractivity contribution >= 4 is 20.7 Å². The lowest BCUT2D eigenvalue weighted by Gasteiger charge is -2.25. The molecule has 0 bridgehead atoms. The number of thiol groups is 1. The maximum Gasteiger partial charge on any atom is 0.0701 e. The molecule has 0 atom stereocenters. The van der Waals surface area contributed by atoms with E-state index < -0.39 is 8.07 Å². The third-order valence-corrected chi connectivity index (χ3v) is 16.7. The van der Waals surface area contributed by atoms with E-state index in [1.165, 1.54) is 102 Å². The molecular formula is C48H100O12SSi. The highest BCUT2D eigenvalue weighted by atomic mass is 32.1. The summed E-state index contributed by atoms with van der Waals surface area (Å²) in [7, 11) is -1.22. The molecule has 0 aromatic carbocycles. The Balaban J connectivity index is 3.30. The molecule has 14 heteroatoms. The van der Waals surface area contributed by atoms with Gasteiger partial charge in [0.15, 0.2) is 0 Å². The minimum absolute atomic E-state index is 0.567. The van der Waals surface area contributed by atoms with E-state index in [1.54, 1.807) is 0 Å². The van der Waals surface area contributed by atoms with E-state index in [1.807, 2.05) is 0 Å². The molecule has 0 rings (SSSR count). The van der Waals surface area contributed by atoms with E-state index in [-0.39, 0.29) is 0 Å². The van der Waals surface area contributed by atoms with Crippen LogP contribution < -0.4 is 0 Å². The number of ether oxygens (including phenoxy) is 12. The van der Waals surface area contributed by atoms with Gasteiger partial charge in [0.2, 0.25) is 0 Å². The minimum Gasteiger partial charge on any atom is -0.379 e. The summed E-state index contributed by atoms with van der Waals surface area (Å²) in [6.07, 6.45) is 22.5. The molecule has 0 saturated carbocycles. The maximum absolute atomic E-state index is 5.76. The minimum atomic E-state index is -1.22. The molecule has 0 saturated heterocycles. The molecule has 0 aliphatic rings. The van der Waals surface area contributed by atoms with Gasteiger partial charge in [0.05, 0.1) is 140 Å². The Morgan fingerprint density at radius 1 is 0.242 bits per heavy atom. The van der Waals surface area contributed by atoms with Gasteiger partial charge in [0.25, 0.3) is 0 Å². The molecule has 0 aliphatic heterocycles. The first-order valence-electron chi connectivity index (χ1n) is 25.2. The molecule has 0 N–H and O–H groups in total. The Labute approximate surface area is 388 Å². The van der Waals surface area contributed by atoms with E-state index in [0.717, 1.165) is 57.5 Å². The first-order valence-corrected chi connectivity index (χ1v) is 29.0. The number of unbranched alkanes of at least 4 members (excludes halogenated alkanes) is 14. The van der Waals surface area contributed by atoms with Crippen molar-refractivity contribution in [2.45, 2.75) is 148 Å². The van der Waals surface area contributed by atoms with Gasteiger partial charge in [0.1, 0.15) is 0 Å². The Morgan fingerprint density at radius 3 is 0.629 bits per heavy atom. The fraction of sp³-hybridized carbons (Fsp3) is 1.00. The van der Waals surface area contributed by atoms with Crippen LogP contribution in [-0.4, -0.2) is 172 Å². The second-order valence-corrected chi connectivity index (χ2v) is 22.4. The van der Waals surface area contributed by atoms with Crippen LogP contribution in [0.1, 0.15) is 129 Å². The first kappa shape index (κ1) is 62.1. The smallest absolute Gasteiger partial charge is 0.0701 e. The van der Waals surface area contributed by atoms with Crippen LogP contribution in [0.15, 0.2) is 0 Å². The summed E-state index contributed by atoms with van der Waals surface area (Å²) >= 11 is 4.79. The van der Waals surface area contributed by atoms with Crippen molar-refractivity contribution < 1.29 is 56.8 Å². The van der Waals surface area contributed by atoms with Crippen LogP contribution >= 0.6 is 12.6 Å². The van der Waals surface area contributed by atoms with Gasteiger partial charge in [-0.3, -0.25) is 0 Å². The van der Waals surface area contributed by atoms with Crippen molar-refractivity contribution in [3.63, 3.8) is 0 Å². The van der Waals surface area contributed by atoms with Gasteiger partial charge in [-0.2, -0.15) is 12.6 Å². The van der Waals surface area contributed by atoms with E-state index in [2.05, 4.69) is 20.4 Å². The van der Waals surface area contributed by atoms with Crippen molar-refractivity contribution in [2.24, 2.45) is 0 Å². The SMILES string of the molecule is CCCCCCOCCOCCOCCOCCOCCOCCCCCCC[Si](C)(CS)CCCCCCCOCCOCCOCCOCCOCCOCCCCCC. The predicted molar refractivity (Wildman–Crippen MR) is 259 cm³/mol. The summed E-state index contributed by atoms with van der Waals surface area (Å²) < 4.78 is 67.1. The second kappa shape index (κ2) is 55.4. The molecule has 12 nitrogen and oxygen atoms in total. The summed E-state index contributed by atoms with van der Waals surface area (Å²) in [5.74, 6) is 0. The quantitative estimate of drug-likeness (QED) is 0.0356. The molecule has 0 fully saturated rings. The van der Waals surface area contributed by atoms with E-state index >= 15 is 0 Å². The van der Waals surface area contributed by atoms with Crippen LogP contribution in [0, 0.1) is 0 Å². The van der Waals surface area contributed by atoms with E-state index in [9.17, 15) is 0 Å². The Bertz CT molecular complexity index is 751. The van der Waals surface area contributed by atoms with Crippen LogP contribution in [0.2, 0.25) is 18.6 Å². The van der Waals surface area contributed by atoms with E-state index in [0.29, 0.717) is 132 Å². The molecule has 62 heavy (non-hydrogen) atoms. The summed E-state index contributed by atoms with van der Waals surface area (Å²) in [5.41, 5.74) is 0. The largest absolute Gasteiger partial charge is 0.379 e. The molecule has 0 amide bonds. The fourth-order valence-corrected chi connectivity index (χ4v) is 10.2. The van der Waals surface area contributed by atoms with Crippen molar-refractivity contribution in [1.29, 1.82) is 0 Å². The summed E-state index contributed by atoms with van der Waals surface area (Å²) in [6.45, 7) is 22.3. The predicted octanol–water partition coefficient (Wildman–Crippen LogP) is 9.79. The molecule has 374 valence electrons. The van der Waals surface area contributed by atoms with Crippen LogP contribution in [0.25, 0.3) is 0 Å².